The lowest BCUT2D eigenvalue weighted by Crippen LogP contribution is -1.84. The molecule has 2 heterocycles. The standard InChI is InChI=1S/C9H6BrN3/c1-13-5-6(3-11)9-8(13)2-7(10)4-12-9/h2,4-5H,1H3. The summed E-state index contributed by atoms with van der Waals surface area (Å²) in [5.41, 5.74) is 2.34. The fourth-order valence-electron chi connectivity index (χ4n) is 1.31. The SMILES string of the molecule is Cn1cc(C#N)c2ncc(Br)cc21. The van der Waals surface area contributed by atoms with Crippen LogP contribution in [0.15, 0.2) is 22.9 Å². The van der Waals surface area contributed by atoms with E-state index in [1.54, 1.807) is 12.4 Å². The molecular formula is C9H6BrN3. The van der Waals surface area contributed by atoms with Gasteiger partial charge in [-0.1, -0.05) is 0 Å². The summed E-state index contributed by atoms with van der Waals surface area (Å²) < 4.78 is 2.82. The van der Waals surface area contributed by atoms with Gasteiger partial charge in [0.2, 0.25) is 0 Å². The van der Waals surface area contributed by atoms with Gasteiger partial charge >= 0.3 is 0 Å². The zero-order valence-electron chi connectivity index (χ0n) is 6.95. The lowest BCUT2D eigenvalue weighted by molar-refractivity contribution is 0.966. The van der Waals surface area contributed by atoms with Crippen molar-refractivity contribution in [2.75, 3.05) is 0 Å². The van der Waals surface area contributed by atoms with Crippen LogP contribution < -0.4 is 0 Å². The number of aromatic nitrogens is 2. The van der Waals surface area contributed by atoms with E-state index in [1.165, 1.54) is 0 Å². The quantitative estimate of drug-likeness (QED) is 0.703. The van der Waals surface area contributed by atoms with Gasteiger partial charge in [0.1, 0.15) is 11.6 Å². The van der Waals surface area contributed by atoms with Gasteiger partial charge in [-0.15, -0.1) is 0 Å². The van der Waals surface area contributed by atoms with Crippen LogP contribution in [0.25, 0.3) is 11.0 Å². The molecule has 64 valence electrons. The van der Waals surface area contributed by atoms with E-state index < -0.39 is 0 Å². The Morgan fingerprint density at radius 3 is 3.08 bits per heavy atom. The summed E-state index contributed by atoms with van der Waals surface area (Å²) in [5.74, 6) is 0. The van der Waals surface area contributed by atoms with Gasteiger partial charge < -0.3 is 4.57 Å². The lowest BCUT2D eigenvalue weighted by Gasteiger charge is -1.94. The van der Waals surface area contributed by atoms with Crippen molar-refractivity contribution in [2.24, 2.45) is 7.05 Å². The van der Waals surface area contributed by atoms with Crippen molar-refractivity contribution in [3.05, 3.63) is 28.5 Å². The molecule has 0 saturated heterocycles. The highest BCUT2D eigenvalue weighted by molar-refractivity contribution is 9.10. The molecule has 13 heavy (non-hydrogen) atoms. The molecule has 0 aliphatic heterocycles. The van der Waals surface area contributed by atoms with E-state index >= 15 is 0 Å². The first-order valence-corrected chi connectivity index (χ1v) is 4.52. The van der Waals surface area contributed by atoms with Crippen LogP contribution in [0, 0.1) is 11.3 Å². The fraction of sp³-hybridized carbons (Fsp3) is 0.111. The van der Waals surface area contributed by atoms with Crippen molar-refractivity contribution >= 4 is 27.0 Å². The first kappa shape index (κ1) is 8.27. The molecule has 2 aromatic heterocycles. The number of hydrogen-bond acceptors (Lipinski definition) is 2. The molecule has 4 heteroatoms. The molecule has 3 nitrogen and oxygen atoms in total. The summed E-state index contributed by atoms with van der Waals surface area (Å²) in [6.07, 6.45) is 3.48. The van der Waals surface area contributed by atoms with Crippen LogP contribution in [0.3, 0.4) is 0 Å². The van der Waals surface area contributed by atoms with Crippen molar-refractivity contribution in [3.63, 3.8) is 0 Å². The smallest absolute Gasteiger partial charge is 0.106 e. The predicted molar refractivity (Wildman–Crippen MR) is 53.1 cm³/mol. The highest BCUT2D eigenvalue weighted by Gasteiger charge is 2.06. The summed E-state index contributed by atoms with van der Waals surface area (Å²) >= 11 is 3.34. The van der Waals surface area contributed by atoms with Crippen LogP contribution in [0.1, 0.15) is 5.56 Å². The van der Waals surface area contributed by atoms with E-state index in [0.29, 0.717) is 5.56 Å². The minimum atomic E-state index is 0.616. The number of nitrogens with zero attached hydrogens (tertiary/aromatic N) is 3. The number of rotatable bonds is 0. The highest BCUT2D eigenvalue weighted by atomic mass is 79.9. The predicted octanol–water partition coefficient (Wildman–Crippen LogP) is 2.21. The highest BCUT2D eigenvalue weighted by Crippen LogP contribution is 2.20. The Balaban J connectivity index is 2.90. The van der Waals surface area contributed by atoms with Gasteiger partial charge in [-0.3, -0.25) is 4.98 Å². The number of hydrogen-bond donors (Lipinski definition) is 0. The third-order valence-electron chi connectivity index (χ3n) is 1.91. The molecule has 0 saturated carbocycles. The van der Waals surface area contributed by atoms with Crippen LogP contribution in [-0.4, -0.2) is 9.55 Å². The maximum absolute atomic E-state index is 8.80. The second-order valence-electron chi connectivity index (χ2n) is 2.79. The number of nitriles is 1. The van der Waals surface area contributed by atoms with Crippen LogP contribution in [0.5, 0.6) is 0 Å². The molecule has 0 radical (unpaired) electrons. The minimum absolute atomic E-state index is 0.616. The molecule has 0 aromatic carbocycles. The molecule has 0 atom stereocenters. The Hall–Kier alpha value is -1.34. The van der Waals surface area contributed by atoms with Crippen molar-refractivity contribution in [1.29, 1.82) is 5.26 Å². The van der Waals surface area contributed by atoms with Crippen molar-refractivity contribution < 1.29 is 0 Å². The molecule has 0 aliphatic rings. The Bertz CT molecular complexity index is 507. The molecular weight excluding hydrogens is 230 g/mol. The zero-order valence-corrected chi connectivity index (χ0v) is 8.54. The minimum Gasteiger partial charge on any atom is -0.348 e. The van der Waals surface area contributed by atoms with Gasteiger partial charge in [-0.05, 0) is 22.0 Å². The van der Waals surface area contributed by atoms with Gasteiger partial charge in [0, 0.05) is 23.9 Å². The Kier molecular flexibility index (Phi) is 1.82. The summed E-state index contributed by atoms with van der Waals surface area (Å²) in [6, 6.07) is 4.06. The van der Waals surface area contributed by atoms with E-state index in [0.717, 1.165) is 15.5 Å². The van der Waals surface area contributed by atoms with E-state index in [-0.39, 0.29) is 0 Å². The lowest BCUT2D eigenvalue weighted by atomic mass is 10.3. The molecule has 0 unspecified atom stereocenters. The zero-order chi connectivity index (χ0) is 9.42. The van der Waals surface area contributed by atoms with Gasteiger partial charge in [0.25, 0.3) is 0 Å². The van der Waals surface area contributed by atoms with Crippen molar-refractivity contribution in [2.45, 2.75) is 0 Å². The summed E-state index contributed by atoms with van der Waals surface area (Å²) in [5, 5.41) is 8.80. The molecule has 0 fully saturated rings. The first-order valence-electron chi connectivity index (χ1n) is 3.73. The molecule has 2 rings (SSSR count). The third-order valence-corrected chi connectivity index (χ3v) is 2.35. The summed E-state index contributed by atoms with van der Waals surface area (Å²) in [4.78, 5) is 4.18. The van der Waals surface area contributed by atoms with E-state index in [2.05, 4.69) is 27.0 Å². The van der Waals surface area contributed by atoms with Gasteiger partial charge in [-0.2, -0.15) is 5.26 Å². The second kappa shape index (κ2) is 2.86. The fourth-order valence-corrected chi connectivity index (χ4v) is 1.63. The number of fused-ring (bicyclic) bond motifs is 1. The van der Waals surface area contributed by atoms with Crippen LogP contribution >= 0.6 is 15.9 Å². The van der Waals surface area contributed by atoms with Crippen LogP contribution in [0.4, 0.5) is 0 Å². The Morgan fingerprint density at radius 1 is 1.62 bits per heavy atom. The molecule has 0 spiro atoms. The average Bonchev–Trinajstić information content (AvgIpc) is 2.43. The normalized spacial score (nSPS) is 10.2. The van der Waals surface area contributed by atoms with Crippen LogP contribution in [0.2, 0.25) is 0 Å². The number of halogens is 1. The topological polar surface area (TPSA) is 41.6 Å². The van der Waals surface area contributed by atoms with Gasteiger partial charge in [-0.25, -0.2) is 0 Å². The molecule has 0 N–H and O–H groups in total. The maximum Gasteiger partial charge on any atom is 0.106 e. The molecule has 0 bridgehead atoms. The monoisotopic (exact) mass is 235 g/mol. The Morgan fingerprint density at radius 2 is 2.38 bits per heavy atom. The second-order valence-corrected chi connectivity index (χ2v) is 3.70. The van der Waals surface area contributed by atoms with Gasteiger partial charge in [0.15, 0.2) is 0 Å². The summed E-state index contributed by atoms with van der Waals surface area (Å²) in [7, 11) is 1.90. The average molecular weight is 236 g/mol. The first-order chi connectivity index (χ1) is 6.22. The van der Waals surface area contributed by atoms with E-state index in [1.807, 2.05) is 17.7 Å². The largest absolute Gasteiger partial charge is 0.348 e. The molecule has 0 aliphatic carbocycles. The van der Waals surface area contributed by atoms with Crippen molar-refractivity contribution in [3.8, 4) is 6.07 Å². The van der Waals surface area contributed by atoms with E-state index in [9.17, 15) is 0 Å². The summed E-state index contributed by atoms with van der Waals surface area (Å²) in [6.45, 7) is 0. The maximum atomic E-state index is 8.80. The van der Waals surface area contributed by atoms with Gasteiger partial charge in [0.05, 0.1) is 11.1 Å². The van der Waals surface area contributed by atoms with E-state index in [4.69, 9.17) is 5.26 Å². The van der Waals surface area contributed by atoms with Crippen molar-refractivity contribution in [1.82, 2.24) is 9.55 Å². The number of pyridine rings is 1. The molecule has 2 aromatic rings. The van der Waals surface area contributed by atoms with Crippen LogP contribution in [-0.2, 0) is 7.05 Å². The number of aryl methyl sites for hydroxylation is 1. The molecule has 0 amide bonds. The Labute approximate surface area is 83.7 Å². The third kappa shape index (κ3) is 1.21.